The zero-order valence-corrected chi connectivity index (χ0v) is 12.5. The lowest BCUT2D eigenvalue weighted by atomic mass is 10.1. The molecule has 0 saturated carbocycles. The van der Waals surface area contributed by atoms with E-state index in [1.165, 1.54) is 6.92 Å². The summed E-state index contributed by atoms with van der Waals surface area (Å²) in [7, 11) is 1.54. The summed E-state index contributed by atoms with van der Waals surface area (Å²) in [5.74, 6) is -0.0244. The van der Waals surface area contributed by atoms with Gasteiger partial charge in [-0.15, -0.1) is 0 Å². The lowest BCUT2D eigenvalue weighted by Gasteiger charge is -2.18. The summed E-state index contributed by atoms with van der Waals surface area (Å²) < 4.78 is 10.6. The molecule has 0 spiro atoms. The van der Waals surface area contributed by atoms with E-state index in [9.17, 15) is 4.79 Å². The van der Waals surface area contributed by atoms with Gasteiger partial charge in [0.2, 0.25) is 0 Å². The first-order valence-corrected chi connectivity index (χ1v) is 6.80. The first-order valence-electron chi connectivity index (χ1n) is 6.80. The molecule has 1 aromatic carbocycles. The number of methoxy groups -OCH3 is 1. The van der Waals surface area contributed by atoms with Crippen LogP contribution in [-0.2, 0) is 4.79 Å². The fourth-order valence-corrected chi connectivity index (χ4v) is 1.77. The van der Waals surface area contributed by atoms with Gasteiger partial charge in [0.05, 0.1) is 7.11 Å². The number of carbonyl (C=O) groups is 1. The third kappa shape index (κ3) is 4.42. The summed E-state index contributed by atoms with van der Waals surface area (Å²) in [6.45, 7) is 6.62. The highest BCUT2D eigenvalue weighted by molar-refractivity contribution is 5.72. The lowest BCUT2D eigenvalue weighted by molar-refractivity contribution is -0.144. The second-order valence-electron chi connectivity index (χ2n) is 4.68. The normalized spacial score (nSPS) is 13.6. The standard InChI is InChI=1S/C15H23NO4/c1-5-8-16-10(2)12-6-7-13(14(9-12)19-4)20-11(3)15(17)18/h6-7,9-11,16H,5,8H2,1-4H3,(H,17,18). The van der Waals surface area contributed by atoms with Crippen molar-refractivity contribution in [3.05, 3.63) is 23.8 Å². The molecule has 0 aliphatic rings. The number of rotatable bonds is 8. The van der Waals surface area contributed by atoms with E-state index in [-0.39, 0.29) is 6.04 Å². The summed E-state index contributed by atoms with van der Waals surface area (Å²) in [5, 5.41) is 12.3. The van der Waals surface area contributed by atoms with Crippen LogP contribution in [0.15, 0.2) is 18.2 Å². The summed E-state index contributed by atoms with van der Waals surface area (Å²) in [6.07, 6.45) is 0.157. The second kappa shape index (κ2) is 7.75. The zero-order valence-electron chi connectivity index (χ0n) is 12.5. The van der Waals surface area contributed by atoms with Crippen molar-refractivity contribution >= 4 is 5.97 Å². The Morgan fingerprint density at radius 3 is 2.60 bits per heavy atom. The van der Waals surface area contributed by atoms with Crippen molar-refractivity contribution in [3.8, 4) is 11.5 Å². The molecule has 2 atom stereocenters. The van der Waals surface area contributed by atoms with Crippen LogP contribution < -0.4 is 14.8 Å². The van der Waals surface area contributed by atoms with E-state index in [0.29, 0.717) is 11.5 Å². The summed E-state index contributed by atoms with van der Waals surface area (Å²) in [4.78, 5) is 10.8. The number of nitrogens with one attached hydrogen (secondary N) is 1. The van der Waals surface area contributed by atoms with Crippen LogP contribution in [-0.4, -0.2) is 30.8 Å². The van der Waals surface area contributed by atoms with Crippen LogP contribution in [0.4, 0.5) is 0 Å². The molecule has 0 heterocycles. The molecule has 112 valence electrons. The van der Waals surface area contributed by atoms with Gasteiger partial charge in [-0.05, 0) is 44.5 Å². The minimum Gasteiger partial charge on any atom is -0.493 e. The van der Waals surface area contributed by atoms with E-state index in [2.05, 4.69) is 19.2 Å². The Labute approximate surface area is 119 Å². The summed E-state index contributed by atoms with van der Waals surface area (Å²) in [5.41, 5.74) is 1.07. The van der Waals surface area contributed by atoms with E-state index in [0.717, 1.165) is 18.5 Å². The molecule has 0 fully saturated rings. The average Bonchev–Trinajstić information content (AvgIpc) is 2.44. The van der Waals surface area contributed by atoms with Gasteiger partial charge >= 0.3 is 5.97 Å². The van der Waals surface area contributed by atoms with Crippen LogP contribution in [0.3, 0.4) is 0 Å². The topological polar surface area (TPSA) is 67.8 Å². The largest absolute Gasteiger partial charge is 0.493 e. The Bertz CT molecular complexity index is 447. The van der Waals surface area contributed by atoms with E-state index in [1.54, 1.807) is 13.2 Å². The molecule has 5 heteroatoms. The lowest BCUT2D eigenvalue weighted by Crippen LogP contribution is -2.23. The van der Waals surface area contributed by atoms with Gasteiger partial charge in [-0.25, -0.2) is 4.79 Å². The molecular weight excluding hydrogens is 258 g/mol. The quantitative estimate of drug-likeness (QED) is 0.766. The molecule has 5 nitrogen and oxygen atoms in total. The van der Waals surface area contributed by atoms with Crippen molar-refractivity contribution in [3.63, 3.8) is 0 Å². The van der Waals surface area contributed by atoms with E-state index in [4.69, 9.17) is 14.6 Å². The molecule has 2 N–H and O–H groups in total. The highest BCUT2D eigenvalue weighted by atomic mass is 16.5. The van der Waals surface area contributed by atoms with Crippen LogP contribution in [0.2, 0.25) is 0 Å². The van der Waals surface area contributed by atoms with Gasteiger partial charge in [-0.2, -0.15) is 0 Å². The molecule has 0 amide bonds. The van der Waals surface area contributed by atoms with Crippen molar-refractivity contribution in [1.82, 2.24) is 5.32 Å². The van der Waals surface area contributed by atoms with Gasteiger partial charge in [-0.3, -0.25) is 0 Å². The summed E-state index contributed by atoms with van der Waals surface area (Å²) in [6, 6.07) is 5.74. The molecule has 0 saturated heterocycles. The average molecular weight is 281 g/mol. The Morgan fingerprint density at radius 1 is 1.35 bits per heavy atom. The minimum absolute atomic E-state index is 0.204. The number of carboxylic acid groups (broad SMARTS) is 1. The van der Waals surface area contributed by atoms with Gasteiger partial charge in [-0.1, -0.05) is 13.0 Å². The van der Waals surface area contributed by atoms with Crippen LogP contribution in [0.5, 0.6) is 11.5 Å². The van der Waals surface area contributed by atoms with Crippen LogP contribution >= 0.6 is 0 Å². The Morgan fingerprint density at radius 2 is 2.05 bits per heavy atom. The molecule has 2 unspecified atom stereocenters. The SMILES string of the molecule is CCCNC(C)c1ccc(OC(C)C(=O)O)c(OC)c1. The van der Waals surface area contributed by atoms with Crippen molar-refractivity contribution in [2.24, 2.45) is 0 Å². The van der Waals surface area contributed by atoms with Gasteiger partial charge in [0.1, 0.15) is 0 Å². The van der Waals surface area contributed by atoms with Crippen molar-refractivity contribution < 1.29 is 19.4 Å². The molecule has 0 aliphatic heterocycles. The number of benzene rings is 1. The van der Waals surface area contributed by atoms with Crippen molar-refractivity contribution in [2.75, 3.05) is 13.7 Å². The molecule has 0 radical (unpaired) electrons. The molecule has 1 rings (SSSR count). The maximum atomic E-state index is 10.8. The molecule has 0 bridgehead atoms. The van der Waals surface area contributed by atoms with E-state index >= 15 is 0 Å². The second-order valence-corrected chi connectivity index (χ2v) is 4.68. The van der Waals surface area contributed by atoms with Crippen LogP contribution in [0.25, 0.3) is 0 Å². The van der Waals surface area contributed by atoms with Crippen LogP contribution in [0.1, 0.15) is 38.8 Å². The van der Waals surface area contributed by atoms with Gasteiger partial charge in [0.25, 0.3) is 0 Å². The number of aliphatic carboxylic acids is 1. The molecule has 20 heavy (non-hydrogen) atoms. The highest BCUT2D eigenvalue weighted by Gasteiger charge is 2.16. The first-order chi connectivity index (χ1) is 9.49. The van der Waals surface area contributed by atoms with Gasteiger partial charge in [0, 0.05) is 6.04 Å². The first kappa shape index (κ1) is 16.3. The molecule has 1 aromatic rings. The van der Waals surface area contributed by atoms with E-state index in [1.807, 2.05) is 12.1 Å². The predicted octanol–water partition coefficient (Wildman–Crippen LogP) is 2.61. The highest BCUT2D eigenvalue weighted by Crippen LogP contribution is 2.31. The van der Waals surface area contributed by atoms with Crippen molar-refractivity contribution in [1.29, 1.82) is 0 Å². The smallest absolute Gasteiger partial charge is 0.344 e. The monoisotopic (exact) mass is 281 g/mol. The maximum Gasteiger partial charge on any atom is 0.344 e. The minimum atomic E-state index is -1.01. The molecular formula is C15H23NO4. The third-order valence-corrected chi connectivity index (χ3v) is 3.04. The number of ether oxygens (including phenoxy) is 2. The fourth-order valence-electron chi connectivity index (χ4n) is 1.77. The summed E-state index contributed by atoms with van der Waals surface area (Å²) >= 11 is 0. The Kier molecular flexibility index (Phi) is 6.31. The van der Waals surface area contributed by atoms with Crippen LogP contribution in [0, 0.1) is 0 Å². The maximum absolute atomic E-state index is 10.8. The molecule has 0 aromatic heterocycles. The Hall–Kier alpha value is -1.75. The number of carboxylic acids is 1. The third-order valence-electron chi connectivity index (χ3n) is 3.04. The number of hydrogen-bond donors (Lipinski definition) is 2. The van der Waals surface area contributed by atoms with Gasteiger partial charge in [0.15, 0.2) is 17.6 Å². The Balaban J connectivity index is 2.87. The zero-order chi connectivity index (χ0) is 15.1. The van der Waals surface area contributed by atoms with Crippen molar-refractivity contribution in [2.45, 2.75) is 39.3 Å². The van der Waals surface area contributed by atoms with E-state index < -0.39 is 12.1 Å². The number of hydrogen-bond acceptors (Lipinski definition) is 4. The molecule has 0 aliphatic carbocycles. The van der Waals surface area contributed by atoms with Gasteiger partial charge < -0.3 is 19.9 Å². The fraction of sp³-hybridized carbons (Fsp3) is 0.533. The predicted molar refractivity (Wildman–Crippen MR) is 77.4 cm³/mol.